The third-order valence-electron chi connectivity index (χ3n) is 2.32. The first-order valence-corrected chi connectivity index (χ1v) is 5.73. The molecule has 0 atom stereocenters. The lowest BCUT2D eigenvalue weighted by Crippen LogP contribution is -2.12. The predicted octanol–water partition coefficient (Wildman–Crippen LogP) is 1.94. The SMILES string of the molecule is CCOCCOc1c(N)cc(C#N)n1C(C)C. The molecule has 0 radical (unpaired) electrons. The van der Waals surface area contributed by atoms with Gasteiger partial charge in [0.05, 0.1) is 12.3 Å². The Balaban J connectivity index is 2.83. The van der Waals surface area contributed by atoms with E-state index < -0.39 is 0 Å². The molecule has 1 aromatic rings. The van der Waals surface area contributed by atoms with Gasteiger partial charge in [-0.3, -0.25) is 4.57 Å². The summed E-state index contributed by atoms with van der Waals surface area (Å²) in [4.78, 5) is 0. The van der Waals surface area contributed by atoms with Gasteiger partial charge in [0.15, 0.2) is 0 Å². The van der Waals surface area contributed by atoms with Gasteiger partial charge < -0.3 is 15.2 Å². The number of rotatable bonds is 6. The third kappa shape index (κ3) is 3.14. The van der Waals surface area contributed by atoms with Crippen LogP contribution in [0.2, 0.25) is 0 Å². The van der Waals surface area contributed by atoms with Crippen molar-refractivity contribution < 1.29 is 9.47 Å². The number of nitriles is 1. The average Bonchev–Trinajstić information content (AvgIpc) is 2.61. The summed E-state index contributed by atoms with van der Waals surface area (Å²) in [7, 11) is 0. The van der Waals surface area contributed by atoms with Crippen LogP contribution < -0.4 is 10.5 Å². The summed E-state index contributed by atoms with van der Waals surface area (Å²) in [5.41, 5.74) is 6.84. The molecule has 0 bridgehead atoms. The van der Waals surface area contributed by atoms with Crippen LogP contribution in [-0.2, 0) is 4.74 Å². The molecule has 5 heteroatoms. The summed E-state index contributed by atoms with van der Waals surface area (Å²) in [5, 5.41) is 9.01. The minimum Gasteiger partial charge on any atom is -0.475 e. The number of hydrogen-bond acceptors (Lipinski definition) is 4. The zero-order valence-corrected chi connectivity index (χ0v) is 10.6. The standard InChI is InChI=1S/C12H19N3O2/c1-4-16-5-6-17-12-11(14)7-10(8-13)15(12)9(2)3/h7,9H,4-6,14H2,1-3H3. The van der Waals surface area contributed by atoms with Crippen molar-refractivity contribution in [1.29, 1.82) is 5.26 Å². The highest BCUT2D eigenvalue weighted by molar-refractivity contribution is 5.55. The molecule has 1 rings (SSSR count). The highest BCUT2D eigenvalue weighted by Gasteiger charge is 2.16. The number of ether oxygens (including phenoxy) is 2. The van der Waals surface area contributed by atoms with Crippen molar-refractivity contribution in [1.82, 2.24) is 4.57 Å². The van der Waals surface area contributed by atoms with Gasteiger partial charge in [0.1, 0.15) is 18.4 Å². The Bertz CT molecular complexity index is 405. The topological polar surface area (TPSA) is 73.2 Å². The molecule has 0 aromatic carbocycles. The van der Waals surface area contributed by atoms with E-state index in [0.717, 1.165) is 0 Å². The maximum Gasteiger partial charge on any atom is 0.218 e. The second-order valence-corrected chi connectivity index (χ2v) is 3.91. The summed E-state index contributed by atoms with van der Waals surface area (Å²) in [6, 6.07) is 3.88. The third-order valence-corrected chi connectivity index (χ3v) is 2.32. The smallest absolute Gasteiger partial charge is 0.218 e. The van der Waals surface area contributed by atoms with Crippen LogP contribution in [-0.4, -0.2) is 24.4 Å². The zero-order valence-electron chi connectivity index (χ0n) is 10.6. The molecule has 0 unspecified atom stereocenters. The van der Waals surface area contributed by atoms with Crippen molar-refractivity contribution in [3.63, 3.8) is 0 Å². The lowest BCUT2D eigenvalue weighted by molar-refractivity contribution is 0.106. The lowest BCUT2D eigenvalue weighted by atomic mass is 10.3. The van der Waals surface area contributed by atoms with Crippen molar-refractivity contribution in [2.24, 2.45) is 0 Å². The van der Waals surface area contributed by atoms with Gasteiger partial charge in [-0.05, 0) is 20.8 Å². The Morgan fingerprint density at radius 2 is 2.18 bits per heavy atom. The van der Waals surface area contributed by atoms with Gasteiger partial charge in [-0.2, -0.15) is 5.26 Å². The maximum absolute atomic E-state index is 9.01. The molecule has 0 aliphatic rings. The number of nitrogen functional groups attached to an aromatic ring is 1. The number of nitrogens with two attached hydrogens (primary N) is 1. The Morgan fingerprint density at radius 3 is 2.71 bits per heavy atom. The summed E-state index contributed by atoms with van der Waals surface area (Å²) >= 11 is 0. The Labute approximate surface area is 102 Å². The molecule has 94 valence electrons. The lowest BCUT2D eigenvalue weighted by Gasteiger charge is -2.15. The quantitative estimate of drug-likeness (QED) is 0.767. The molecule has 5 nitrogen and oxygen atoms in total. The fraction of sp³-hybridized carbons (Fsp3) is 0.583. The number of anilines is 1. The minimum absolute atomic E-state index is 0.129. The van der Waals surface area contributed by atoms with Gasteiger partial charge in [0.25, 0.3) is 0 Å². The molecule has 2 N–H and O–H groups in total. The molecule has 0 spiro atoms. The van der Waals surface area contributed by atoms with Crippen molar-refractivity contribution in [3.05, 3.63) is 11.8 Å². The van der Waals surface area contributed by atoms with Crippen LogP contribution >= 0.6 is 0 Å². The van der Waals surface area contributed by atoms with Crippen LogP contribution in [0.4, 0.5) is 5.69 Å². The van der Waals surface area contributed by atoms with Gasteiger partial charge in [-0.15, -0.1) is 0 Å². The van der Waals surface area contributed by atoms with Crippen LogP contribution in [0.3, 0.4) is 0 Å². The van der Waals surface area contributed by atoms with Crippen LogP contribution in [0.25, 0.3) is 0 Å². The van der Waals surface area contributed by atoms with Crippen LogP contribution in [0.15, 0.2) is 6.07 Å². The molecular formula is C12H19N3O2. The van der Waals surface area contributed by atoms with E-state index in [1.807, 2.05) is 20.8 Å². The van der Waals surface area contributed by atoms with E-state index in [1.54, 1.807) is 10.6 Å². The molecular weight excluding hydrogens is 218 g/mol. The summed E-state index contributed by atoms with van der Waals surface area (Å²) < 4.78 is 12.6. The first kappa shape index (κ1) is 13.4. The molecule has 1 aromatic heterocycles. The first-order chi connectivity index (χ1) is 8.11. The maximum atomic E-state index is 9.01. The minimum atomic E-state index is 0.129. The van der Waals surface area contributed by atoms with E-state index in [1.165, 1.54) is 0 Å². The molecule has 0 aliphatic carbocycles. The summed E-state index contributed by atoms with van der Waals surface area (Å²) in [6.07, 6.45) is 0. The highest BCUT2D eigenvalue weighted by atomic mass is 16.5. The Kier molecular flexibility index (Phi) is 4.85. The van der Waals surface area contributed by atoms with E-state index in [2.05, 4.69) is 6.07 Å². The van der Waals surface area contributed by atoms with Crippen molar-refractivity contribution in [3.8, 4) is 11.9 Å². The second-order valence-electron chi connectivity index (χ2n) is 3.91. The van der Waals surface area contributed by atoms with Crippen LogP contribution in [0.5, 0.6) is 5.88 Å². The summed E-state index contributed by atoms with van der Waals surface area (Å²) in [5.74, 6) is 0.552. The van der Waals surface area contributed by atoms with Gasteiger partial charge >= 0.3 is 0 Å². The molecule has 0 saturated heterocycles. The largest absolute Gasteiger partial charge is 0.475 e. The normalized spacial score (nSPS) is 10.5. The van der Waals surface area contributed by atoms with E-state index in [0.29, 0.717) is 37.1 Å². The van der Waals surface area contributed by atoms with Crippen LogP contribution in [0, 0.1) is 11.3 Å². The van der Waals surface area contributed by atoms with Crippen LogP contribution in [0.1, 0.15) is 32.5 Å². The summed E-state index contributed by atoms with van der Waals surface area (Å²) in [6.45, 7) is 7.50. The monoisotopic (exact) mass is 237 g/mol. The fourth-order valence-corrected chi connectivity index (χ4v) is 1.62. The molecule has 17 heavy (non-hydrogen) atoms. The van der Waals surface area contributed by atoms with Gasteiger partial charge in [0, 0.05) is 18.7 Å². The van der Waals surface area contributed by atoms with Gasteiger partial charge in [0.2, 0.25) is 5.88 Å². The van der Waals surface area contributed by atoms with E-state index >= 15 is 0 Å². The molecule has 0 fully saturated rings. The van der Waals surface area contributed by atoms with Gasteiger partial charge in [-0.25, -0.2) is 0 Å². The zero-order chi connectivity index (χ0) is 12.8. The van der Waals surface area contributed by atoms with Gasteiger partial charge in [-0.1, -0.05) is 0 Å². The molecule has 0 amide bonds. The van der Waals surface area contributed by atoms with E-state index in [4.69, 9.17) is 20.5 Å². The molecule has 1 heterocycles. The fourth-order valence-electron chi connectivity index (χ4n) is 1.62. The number of aromatic nitrogens is 1. The number of hydrogen-bond donors (Lipinski definition) is 1. The van der Waals surface area contributed by atoms with E-state index in [-0.39, 0.29) is 6.04 Å². The van der Waals surface area contributed by atoms with Crippen molar-refractivity contribution in [2.45, 2.75) is 26.8 Å². The van der Waals surface area contributed by atoms with E-state index in [9.17, 15) is 0 Å². The Morgan fingerprint density at radius 1 is 1.47 bits per heavy atom. The first-order valence-electron chi connectivity index (χ1n) is 5.73. The van der Waals surface area contributed by atoms with Crippen molar-refractivity contribution >= 4 is 5.69 Å². The predicted molar refractivity (Wildman–Crippen MR) is 65.9 cm³/mol. The molecule has 0 saturated carbocycles. The average molecular weight is 237 g/mol. The van der Waals surface area contributed by atoms with Crippen molar-refractivity contribution in [2.75, 3.05) is 25.6 Å². The Hall–Kier alpha value is -1.67. The number of nitrogens with zero attached hydrogens (tertiary/aromatic N) is 2. The second kappa shape index (κ2) is 6.16. The molecule has 0 aliphatic heterocycles. The highest BCUT2D eigenvalue weighted by Crippen LogP contribution is 2.29.